The monoisotopic (exact) mass is 295 g/mol. The summed E-state index contributed by atoms with van der Waals surface area (Å²) < 4.78 is 0. The zero-order valence-corrected chi connectivity index (χ0v) is 13.3. The van der Waals surface area contributed by atoms with E-state index in [1.807, 2.05) is 12.1 Å². The molecular weight excluding hydrogens is 270 g/mol. The van der Waals surface area contributed by atoms with Gasteiger partial charge in [-0.25, -0.2) is 0 Å². The molecule has 0 aliphatic heterocycles. The summed E-state index contributed by atoms with van der Waals surface area (Å²) in [5.74, 6) is 0.919. The largest absolute Gasteiger partial charge is 0.506 e. The standard InChI is InChI=1S/C17H26ClNO/c1-13(2)10-17(8-3-4-9-17)12-19-11-14-6-5-7-15(20)16(14)18/h5-7,13,19-20H,3-4,8-12H2,1-2H3. The maximum atomic E-state index is 9.62. The third-order valence-corrected chi connectivity index (χ3v) is 4.82. The second-order valence-electron chi connectivity index (χ2n) is 6.66. The molecule has 1 aromatic rings. The second kappa shape index (κ2) is 6.82. The van der Waals surface area contributed by atoms with Gasteiger partial charge in [-0.2, -0.15) is 0 Å². The van der Waals surface area contributed by atoms with Crippen LogP contribution in [0.3, 0.4) is 0 Å². The zero-order valence-electron chi connectivity index (χ0n) is 12.6. The molecule has 2 nitrogen and oxygen atoms in total. The predicted octanol–water partition coefficient (Wildman–Crippen LogP) is 4.74. The van der Waals surface area contributed by atoms with Crippen LogP contribution >= 0.6 is 11.6 Å². The summed E-state index contributed by atoms with van der Waals surface area (Å²) in [6.07, 6.45) is 6.70. The Morgan fingerprint density at radius 3 is 2.65 bits per heavy atom. The summed E-state index contributed by atoms with van der Waals surface area (Å²) in [5.41, 5.74) is 1.45. The van der Waals surface area contributed by atoms with Crippen LogP contribution in [0.25, 0.3) is 0 Å². The molecule has 2 rings (SSSR count). The van der Waals surface area contributed by atoms with Gasteiger partial charge in [0.1, 0.15) is 5.75 Å². The molecule has 112 valence electrons. The third-order valence-electron chi connectivity index (χ3n) is 4.38. The molecule has 0 heterocycles. The van der Waals surface area contributed by atoms with Crippen molar-refractivity contribution in [2.24, 2.45) is 11.3 Å². The quantitative estimate of drug-likeness (QED) is 0.794. The lowest BCUT2D eigenvalue weighted by Gasteiger charge is -2.31. The maximum Gasteiger partial charge on any atom is 0.134 e. The lowest BCUT2D eigenvalue weighted by molar-refractivity contribution is 0.223. The van der Waals surface area contributed by atoms with Gasteiger partial charge in [0.2, 0.25) is 0 Å². The molecule has 2 N–H and O–H groups in total. The molecular formula is C17H26ClNO. The molecule has 0 atom stereocenters. The Morgan fingerprint density at radius 2 is 2.00 bits per heavy atom. The van der Waals surface area contributed by atoms with Crippen molar-refractivity contribution in [2.45, 2.75) is 52.5 Å². The minimum Gasteiger partial charge on any atom is -0.506 e. The number of aromatic hydroxyl groups is 1. The van der Waals surface area contributed by atoms with E-state index in [1.54, 1.807) is 6.07 Å². The topological polar surface area (TPSA) is 32.3 Å². The van der Waals surface area contributed by atoms with Crippen LogP contribution in [0, 0.1) is 11.3 Å². The maximum absolute atomic E-state index is 9.62. The molecule has 1 aliphatic carbocycles. The average molecular weight is 296 g/mol. The van der Waals surface area contributed by atoms with Crippen molar-refractivity contribution >= 4 is 11.6 Å². The van der Waals surface area contributed by atoms with Crippen LogP contribution in [0.1, 0.15) is 51.5 Å². The van der Waals surface area contributed by atoms with Crippen LogP contribution in [0.15, 0.2) is 18.2 Å². The van der Waals surface area contributed by atoms with Gasteiger partial charge in [0, 0.05) is 13.1 Å². The van der Waals surface area contributed by atoms with E-state index < -0.39 is 0 Å². The van der Waals surface area contributed by atoms with Crippen LogP contribution in [-0.4, -0.2) is 11.7 Å². The van der Waals surface area contributed by atoms with Gasteiger partial charge in [-0.15, -0.1) is 0 Å². The van der Waals surface area contributed by atoms with Gasteiger partial charge in [0.05, 0.1) is 5.02 Å². The number of hydrogen-bond acceptors (Lipinski definition) is 2. The summed E-state index contributed by atoms with van der Waals surface area (Å²) in [6, 6.07) is 5.44. The molecule has 1 saturated carbocycles. The van der Waals surface area contributed by atoms with Crippen LogP contribution in [0.2, 0.25) is 5.02 Å². The lowest BCUT2D eigenvalue weighted by Crippen LogP contribution is -2.33. The van der Waals surface area contributed by atoms with E-state index in [0.29, 0.717) is 10.4 Å². The van der Waals surface area contributed by atoms with Gasteiger partial charge in [-0.1, -0.05) is 50.4 Å². The first-order valence-corrected chi connectivity index (χ1v) is 8.07. The highest BCUT2D eigenvalue weighted by Gasteiger charge is 2.33. The summed E-state index contributed by atoms with van der Waals surface area (Å²) in [7, 11) is 0. The molecule has 20 heavy (non-hydrogen) atoms. The highest BCUT2D eigenvalue weighted by atomic mass is 35.5. The SMILES string of the molecule is CC(C)CC1(CNCc2cccc(O)c2Cl)CCCC1. The van der Waals surface area contributed by atoms with Gasteiger partial charge in [-0.3, -0.25) is 0 Å². The summed E-state index contributed by atoms with van der Waals surface area (Å²) in [6.45, 7) is 6.41. The number of benzene rings is 1. The first kappa shape index (κ1) is 15.7. The average Bonchev–Trinajstić information content (AvgIpc) is 2.82. The Bertz CT molecular complexity index is 439. The Balaban J connectivity index is 1.92. The van der Waals surface area contributed by atoms with Crippen molar-refractivity contribution < 1.29 is 5.11 Å². The first-order chi connectivity index (χ1) is 9.52. The summed E-state index contributed by atoms with van der Waals surface area (Å²) >= 11 is 6.12. The van der Waals surface area contributed by atoms with E-state index in [0.717, 1.165) is 24.6 Å². The molecule has 0 radical (unpaired) electrons. The smallest absolute Gasteiger partial charge is 0.134 e. The molecule has 0 saturated heterocycles. The number of phenols is 1. The van der Waals surface area contributed by atoms with Crippen LogP contribution in [-0.2, 0) is 6.54 Å². The minimum atomic E-state index is 0.170. The first-order valence-electron chi connectivity index (χ1n) is 7.69. The Kier molecular flexibility index (Phi) is 5.34. The van der Waals surface area contributed by atoms with Crippen molar-refractivity contribution in [1.82, 2.24) is 5.32 Å². The molecule has 0 bridgehead atoms. The van der Waals surface area contributed by atoms with Crippen LogP contribution in [0.4, 0.5) is 0 Å². The Hall–Kier alpha value is -0.730. The number of halogens is 1. The van der Waals surface area contributed by atoms with E-state index in [1.165, 1.54) is 32.1 Å². The van der Waals surface area contributed by atoms with Gasteiger partial charge in [0.15, 0.2) is 0 Å². The Labute approximate surface area is 127 Å². The minimum absolute atomic E-state index is 0.170. The molecule has 1 aromatic carbocycles. The van der Waals surface area contributed by atoms with Crippen LogP contribution < -0.4 is 5.32 Å². The van der Waals surface area contributed by atoms with E-state index in [2.05, 4.69) is 19.2 Å². The van der Waals surface area contributed by atoms with Crippen molar-refractivity contribution in [1.29, 1.82) is 0 Å². The van der Waals surface area contributed by atoms with Crippen molar-refractivity contribution in [3.05, 3.63) is 28.8 Å². The normalized spacial score (nSPS) is 17.8. The van der Waals surface area contributed by atoms with Crippen molar-refractivity contribution in [3.63, 3.8) is 0 Å². The molecule has 0 aromatic heterocycles. The molecule has 3 heteroatoms. The van der Waals surface area contributed by atoms with Crippen molar-refractivity contribution in [2.75, 3.05) is 6.54 Å². The van der Waals surface area contributed by atoms with E-state index in [9.17, 15) is 5.11 Å². The zero-order chi connectivity index (χ0) is 14.6. The predicted molar refractivity (Wildman–Crippen MR) is 85.2 cm³/mol. The third kappa shape index (κ3) is 3.89. The Morgan fingerprint density at radius 1 is 1.30 bits per heavy atom. The molecule has 0 spiro atoms. The van der Waals surface area contributed by atoms with E-state index in [4.69, 9.17) is 11.6 Å². The molecule has 1 fully saturated rings. The second-order valence-corrected chi connectivity index (χ2v) is 7.04. The molecule has 0 amide bonds. The lowest BCUT2D eigenvalue weighted by atomic mass is 9.78. The fraction of sp³-hybridized carbons (Fsp3) is 0.647. The fourth-order valence-corrected chi connectivity index (χ4v) is 3.80. The van der Waals surface area contributed by atoms with E-state index in [-0.39, 0.29) is 5.75 Å². The van der Waals surface area contributed by atoms with Gasteiger partial charge >= 0.3 is 0 Å². The van der Waals surface area contributed by atoms with Gasteiger partial charge < -0.3 is 10.4 Å². The number of nitrogens with one attached hydrogen (secondary N) is 1. The number of rotatable bonds is 6. The highest BCUT2D eigenvalue weighted by molar-refractivity contribution is 6.32. The highest BCUT2D eigenvalue weighted by Crippen LogP contribution is 2.42. The molecule has 0 unspecified atom stereocenters. The van der Waals surface area contributed by atoms with Crippen molar-refractivity contribution in [3.8, 4) is 5.75 Å². The van der Waals surface area contributed by atoms with Gasteiger partial charge in [-0.05, 0) is 42.2 Å². The fourth-order valence-electron chi connectivity index (χ4n) is 3.61. The number of hydrogen-bond donors (Lipinski definition) is 2. The van der Waals surface area contributed by atoms with Gasteiger partial charge in [0.25, 0.3) is 0 Å². The summed E-state index contributed by atoms with van der Waals surface area (Å²) in [4.78, 5) is 0. The number of phenolic OH excluding ortho intramolecular Hbond substituents is 1. The van der Waals surface area contributed by atoms with E-state index >= 15 is 0 Å². The molecule has 1 aliphatic rings. The summed E-state index contributed by atoms with van der Waals surface area (Å²) in [5, 5.41) is 13.7. The van der Waals surface area contributed by atoms with Crippen LogP contribution in [0.5, 0.6) is 5.75 Å².